The zero-order chi connectivity index (χ0) is 27.6. The molecule has 0 fully saturated rings. The normalized spacial score (nSPS) is 12.8. The van der Waals surface area contributed by atoms with Gasteiger partial charge in [-0.3, -0.25) is 9.69 Å². The molecular weight excluding hydrogens is 508 g/mol. The van der Waals surface area contributed by atoms with E-state index in [0.29, 0.717) is 29.5 Å². The van der Waals surface area contributed by atoms with Gasteiger partial charge in [0, 0.05) is 29.2 Å². The lowest BCUT2D eigenvalue weighted by molar-refractivity contribution is 0.180. The van der Waals surface area contributed by atoms with E-state index in [1.807, 2.05) is 72.3 Å². The fourth-order valence-corrected chi connectivity index (χ4v) is 5.00. The van der Waals surface area contributed by atoms with Crippen LogP contribution in [0, 0.1) is 6.92 Å². The molecule has 0 bridgehead atoms. The molecule has 0 saturated carbocycles. The van der Waals surface area contributed by atoms with Gasteiger partial charge < -0.3 is 4.98 Å². The van der Waals surface area contributed by atoms with E-state index in [9.17, 15) is 4.79 Å². The molecule has 1 N–H and O–H groups in total. The third kappa shape index (κ3) is 5.79. The van der Waals surface area contributed by atoms with Gasteiger partial charge in [0.25, 0.3) is 5.56 Å². The minimum absolute atomic E-state index is 0.158. The summed E-state index contributed by atoms with van der Waals surface area (Å²) in [5.41, 5.74) is 4.21. The Morgan fingerprint density at radius 3 is 2.36 bits per heavy atom. The van der Waals surface area contributed by atoms with E-state index in [2.05, 4.69) is 64.4 Å². The highest BCUT2D eigenvalue weighted by Gasteiger charge is 2.34. The average molecular weight is 541 g/mol. The number of aromatic nitrogens is 5. The van der Waals surface area contributed by atoms with Crippen molar-refractivity contribution in [2.45, 2.75) is 58.8 Å². The van der Waals surface area contributed by atoms with Crippen molar-refractivity contribution in [3.63, 3.8) is 0 Å². The van der Waals surface area contributed by atoms with Crippen LogP contribution in [-0.2, 0) is 18.6 Å². The fourth-order valence-electron chi connectivity index (χ4n) is 4.87. The second-order valence-electron chi connectivity index (χ2n) is 10.7. The predicted molar refractivity (Wildman–Crippen MR) is 156 cm³/mol. The molecular formula is C31H33ClN6O. The third-order valence-corrected chi connectivity index (χ3v) is 7.64. The van der Waals surface area contributed by atoms with Crippen LogP contribution in [0.2, 0.25) is 5.02 Å². The highest BCUT2D eigenvalue weighted by molar-refractivity contribution is 6.30. The summed E-state index contributed by atoms with van der Waals surface area (Å²) in [6.07, 6.45) is 0.820. The van der Waals surface area contributed by atoms with Crippen molar-refractivity contribution in [2.75, 3.05) is 0 Å². The Hall–Kier alpha value is -3.81. The molecule has 0 aliphatic carbocycles. The number of aryl methyl sites for hydroxylation is 1. The molecule has 0 aliphatic heterocycles. The van der Waals surface area contributed by atoms with E-state index in [1.54, 1.807) is 0 Å². The Labute approximate surface area is 233 Å². The van der Waals surface area contributed by atoms with E-state index in [1.165, 1.54) is 0 Å². The minimum atomic E-state index is -0.518. The summed E-state index contributed by atoms with van der Waals surface area (Å²) in [4.78, 5) is 19.1. The second-order valence-corrected chi connectivity index (χ2v) is 11.1. The van der Waals surface area contributed by atoms with E-state index >= 15 is 0 Å². The highest BCUT2D eigenvalue weighted by atomic mass is 35.5. The van der Waals surface area contributed by atoms with Crippen molar-refractivity contribution < 1.29 is 0 Å². The molecule has 39 heavy (non-hydrogen) atoms. The van der Waals surface area contributed by atoms with Gasteiger partial charge in [-0.15, -0.1) is 5.10 Å². The summed E-state index contributed by atoms with van der Waals surface area (Å²) in [6.45, 7) is 9.52. The molecule has 0 aliphatic rings. The largest absolute Gasteiger partial charge is 0.322 e. The number of tetrazole rings is 1. The monoisotopic (exact) mass is 540 g/mol. The van der Waals surface area contributed by atoms with Crippen molar-refractivity contribution in [3.05, 3.63) is 122 Å². The zero-order valence-corrected chi connectivity index (χ0v) is 23.5. The minimum Gasteiger partial charge on any atom is -0.322 e. The van der Waals surface area contributed by atoms with Crippen LogP contribution in [-0.4, -0.2) is 30.1 Å². The maximum atomic E-state index is 13.8. The van der Waals surface area contributed by atoms with Gasteiger partial charge in [0.1, 0.15) is 6.04 Å². The third-order valence-electron chi connectivity index (χ3n) is 7.39. The number of rotatable bonds is 9. The average Bonchev–Trinajstić information content (AvgIpc) is 3.42. The van der Waals surface area contributed by atoms with Gasteiger partial charge in [-0.1, -0.05) is 72.6 Å². The molecule has 0 unspecified atom stereocenters. The fraction of sp³-hybridized carbons (Fsp3) is 0.290. The number of benzene rings is 3. The molecule has 0 radical (unpaired) electrons. The van der Waals surface area contributed by atoms with Gasteiger partial charge >= 0.3 is 0 Å². The van der Waals surface area contributed by atoms with E-state index < -0.39 is 6.04 Å². The highest BCUT2D eigenvalue weighted by Crippen LogP contribution is 2.33. The zero-order valence-electron chi connectivity index (χ0n) is 22.7. The standard InChI is InChI=1S/C31H33ClN6O/c1-5-31(3,4)38-29(34-35-36-38)28(26-18-24-17-21(2)11-16-27(24)33-30(26)39)37(19-22-9-7-6-8-10-22)20-23-12-14-25(32)15-13-23/h6-18,28H,5,19-20H2,1-4H3,(H,33,39)/t28-/m0/s1. The number of fused-ring (bicyclic) bond motifs is 1. The van der Waals surface area contributed by atoms with Crippen molar-refractivity contribution >= 4 is 22.5 Å². The molecule has 8 heteroatoms. The molecule has 7 nitrogen and oxygen atoms in total. The molecule has 5 aromatic rings. The smallest absolute Gasteiger partial charge is 0.253 e. The van der Waals surface area contributed by atoms with Gasteiger partial charge in [0.15, 0.2) is 5.82 Å². The van der Waals surface area contributed by atoms with Crippen LogP contribution in [0.25, 0.3) is 10.9 Å². The number of halogens is 1. The van der Waals surface area contributed by atoms with Gasteiger partial charge in [0.05, 0.1) is 5.54 Å². The number of pyridine rings is 1. The summed E-state index contributed by atoms with van der Waals surface area (Å²) in [7, 11) is 0. The van der Waals surface area contributed by atoms with Crippen molar-refractivity contribution in [3.8, 4) is 0 Å². The molecule has 0 amide bonds. The van der Waals surface area contributed by atoms with Crippen molar-refractivity contribution in [1.82, 2.24) is 30.1 Å². The summed E-state index contributed by atoms with van der Waals surface area (Å²) in [6, 6.07) is 25.6. The van der Waals surface area contributed by atoms with Crippen LogP contribution in [0.1, 0.15) is 61.3 Å². The number of nitrogens with zero attached hydrogens (tertiary/aromatic N) is 5. The molecule has 2 heterocycles. The van der Waals surface area contributed by atoms with Gasteiger partial charge in [0.2, 0.25) is 0 Å². The summed E-state index contributed by atoms with van der Waals surface area (Å²) in [5.74, 6) is 0.629. The van der Waals surface area contributed by atoms with Crippen LogP contribution in [0.15, 0.2) is 83.7 Å². The lowest BCUT2D eigenvalue weighted by Gasteiger charge is -2.33. The predicted octanol–water partition coefficient (Wildman–Crippen LogP) is 6.41. The molecule has 5 rings (SSSR count). The Morgan fingerprint density at radius 2 is 1.67 bits per heavy atom. The Morgan fingerprint density at radius 1 is 0.974 bits per heavy atom. The molecule has 2 aromatic heterocycles. The van der Waals surface area contributed by atoms with E-state index in [-0.39, 0.29) is 11.1 Å². The van der Waals surface area contributed by atoms with Gasteiger partial charge in [-0.05, 0) is 84.5 Å². The number of aromatic amines is 1. The molecule has 1 atom stereocenters. The maximum Gasteiger partial charge on any atom is 0.253 e. The molecule has 0 spiro atoms. The number of H-pyrrole nitrogens is 1. The van der Waals surface area contributed by atoms with Crippen LogP contribution in [0.4, 0.5) is 0 Å². The number of nitrogens with one attached hydrogen (secondary N) is 1. The number of hydrogen-bond donors (Lipinski definition) is 1. The lowest BCUT2D eigenvalue weighted by atomic mass is 9.98. The summed E-state index contributed by atoms with van der Waals surface area (Å²) >= 11 is 6.20. The molecule has 0 saturated heterocycles. The quantitative estimate of drug-likeness (QED) is 0.233. The maximum absolute atomic E-state index is 13.8. The van der Waals surface area contributed by atoms with Crippen LogP contribution in [0.5, 0.6) is 0 Å². The van der Waals surface area contributed by atoms with Crippen molar-refractivity contribution in [2.24, 2.45) is 0 Å². The molecule has 200 valence electrons. The van der Waals surface area contributed by atoms with Crippen LogP contribution >= 0.6 is 11.6 Å². The first kappa shape index (κ1) is 26.8. The lowest BCUT2D eigenvalue weighted by Crippen LogP contribution is -2.38. The second kappa shape index (κ2) is 11.1. The van der Waals surface area contributed by atoms with E-state index in [0.717, 1.165) is 34.0 Å². The molecule has 3 aromatic carbocycles. The Kier molecular flexibility index (Phi) is 7.64. The van der Waals surface area contributed by atoms with E-state index in [4.69, 9.17) is 11.6 Å². The first-order valence-electron chi connectivity index (χ1n) is 13.2. The van der Waals surface area contributed by atoms with Crippen LogP contribution < -0.4 is 5.56 Å². The first-order chi connectivity index (χ1) is 18.7. The topological polar surface area (TPSA) is 79.7 Å². The summed E-state index contributed by atoms with van der Waals surface area (Å²) in [5, 5.41) is 14.7. The van der Waals surface area contributed by atoms with Crippen LogP contribution in [0.3, 0.4) is 0 Å². The van der Waals surface area contributed by atoms with Gasteiger partial charge in [-0.2, -0.15) is 0 Å². The SMILES string of the molecule is CCC(C)(C)n1nnnc1[C@H](c1cc2cc(C)ccc2[nH]c1=O)N(Cc1ccccc1)Cc1ccc(Cl)cc1. The Balaban J connectivity index is 1.74. The van der Waals surface area contributed by atoms with Crippen molar-refractivity contribution in [1.29, 1.82) is 0 Å². The first-order valence-corrected chi connectivity index (χ1v) is 13.6. The Bertz CT molecular complexity index is 1630. The van der Waals surface area contributed by atoms with Gasteiger partial charge in [-0.25, -0.2) is 4.68 Å². The number of hydrogen-bond acceptors (Lipinski definition) is 5. The summed E-state index contributed by atoms with van der Waals surface area (Å²) < 4.78 is 1.87.